The van der Waals surface area contributed by atoms with Crippen molar-refractivity contribution in [3.05, 3.63) is 18.2 Å². The minimum Gasteiger partial charge on any atom is -0.349 e. The van der Waals surface area contributed by atoms with Crippen molar-refractivity contribution in [1.82, 2.24) is 15.3 Å². The molecule has 0 fully saturated rings. The molecule has 1 heterocycles. The van der Waals surface area contributed by atoms with Crippen molar-refractivity contribution in [3.8, 4) is 0 Å². The molecular weight excluding hydrogens is 294 g/mol. The molecule has 0 aliphatic carbocycles. The zero-order valence-corrected chi connectivity index (χ0v) is 16.1. The molecule has 0 atom stereocenters. The summed E-state index contributed by atoms with van der Waals surface area (Å²) in [5, 5.41) is 3.51. The molecule has 3 nitrogen and oxygen atoms in total. The highest BCUT2D eigenvalue weighted by Crippen LogP contribution is 2.12. The van der Waals surface area contributed by atoms with Crippen LogP contribution in [0.3, 0.4) is 0 Å². The topological polar surface area (TPSA) is 40.7 Å². The molecule has 0 unspecified atom stereocenters. The van der Waals surface area contributed by atoms with Gasteiger partial charge < -0.3 is 10.3 Å². The number of nitrogens with zero attached hydrogens (tertiary/aromatic N) is 1. The van der Waals surface area contributed by atoms with Gasteiger partial charge in [0, 0.05) is 25.4 Å². The number of aromatic amines is 1. The van der Waals surface area contributed by atoms with Gasteiger partial charge in [0.15, 0.2) is 0 Å². The van der Waals surface area contributed by atoms with Crippen LogP contribution in [0.2, 0.25) is 0 Å². The maximum absolute atomic E-state index is 4.23. The Morgan fingerprint density at radius 3 is 1.79 bits per heavy atom. The first-order valence-electron chi connectivity index (χ1n) is 10.6. The molecule has 0 amide bonds. The summed E-state index contributed by atoms with van der Waals surface area (Å²) in [7, 11) is 0. The third-order valence-electron chi connectivity index (χ3n) is 4.80. The zero-order valence-electron chi connectivity index (χ0n) is 16.1. The normalized spacial score (nSPS) is 11.2. The van der Waals surface area contributed by atoms with E-state index in [4.69, 9.17) is 0 Å². The average molecular weight is 336 g/mol. The highest BCUT2D eigenvalue weighted by Gasteiger charge is 1.95. The van der Waals surface area contributed by atoms with E-state index in [0.29, 0.717) is 0 Å². The molecule has 0 saturated carbocycles. The number of imidazole rings is 1. The summed E-state index contributed by atoms with van der Waals surface area (Å²) in [6.45, 7) is 4.48. The number of nitrogens with one attached hydrogen (secondary N) is 2. The molecule has 0 saturated heterocycles. The van der Waals surface area contributed by atoms with Gasteiger partial charge in [-0.3, -0.25) is 0 Å². The molecule has 0 aliphatic heterocycles. The second kappa shape index (κ2) is 17.0. The Morgan fingerprint density at radius 2 is 1.29 bits per heavy atom. The van der Waals surface area contributed by atoms with Crippen LogP contribution in [0.1, 0.15) is 103 Å². The summed E-state index contributed by atoms with van der Waals surface area (Å²) in [6, 6.07) is 0. The van der Waals surface area contributed by atoms with E-state index in [2.05, 4.69) is 22.2 Å². The van der Waals surface area contributed by atoms with E-state index in [1.165, 1.54) is 89.9 Å². The van der Waals surface area contributed by atoms with Crippen molar-refractivity contribution >= 4 is 0 Å². The Balaban J connectivity index is 1.66. The first-order chi connectivity index (χ1) is 11.9. The van der Waals surface area contributed by atoms with E-state index >= 15 is 0 Å². The Morgan fingerprint density at radius 1 is 0.750 bits per heavy atom. The quantitative estimate of drug-likeness (QED) is 0.322. The summed E-state index contributed by atoms with van der Waals surface area (Å²) < 4.78 is 0. The van der Waals surface area contributed by atoms with Crippen LogP contribution in [0.5, 0.6) is 0 Å². The minimum absolute atomic E-state index is 1.01. The second-order valence-electron chi connectivity index (χ2n) is 7.13. The van der Waals surface area contributed by atoms with Crippen molar-refractivity contribution in [2.45, 2.75) is 103 Å². The molecule has 1 rings (SSSR count). The fourth-order valence-corrected chi connectivity index (χ4v) is 3.21. The van der Waals surface area contributed by atoms with Crippen LogP contribution in [0.4, 0.5) is 0 Å². The lowest BCUT2D eigenvalue weighted by Gasteiger charge is -2.04. The Kier molecular flexibility index (Phi) is 15.0. The SMILES string of the molecule is CCCCCCCCCCCCCCCCNCCc1ncc[nH]1. The van der Waals surface area contributed by atoms with Crippen LogP contribution < -0.4 is 5.32 Å². The van der Waals surface area contributed by atoms with Crippen molar-refractivity contribution in [1.29, 1.82) is 0 Å². The van der Waals surface area contributed by atoms with E-state index < -0.39 is 0 Å². The lowest BCUT2D eigenvalue weighted by molar-refractivity contribution is 0.529. The van der Waals surface area contributed by atoms with E-state index in [-0.39, 0.29) is 0 Å². The number of hydrogen-bond acceptors (Lipinski definition) is 2. The van der Waals surface area contributed by atoms with Crippen molar-refractivity contribution in [2.75, 3.05) is 13.1 Å². The summed E-state index contributed by atoms with van der Waals surface area (Å²) in [5.74, 6) is 1.09. The maximum Gasteiger partial charge on any atom is 0.107 e. The van der Waals surface area contributed by atoms with Gasteiger partial charge in [-0.2, -0.15) is 0 Å². The number of aromatic nitrogens is 2. The predicted octanol–water partition coefficient (Wildman–Crippen LogP) is 6.02. The predicted molar refractivity (Wildman–Crippen MR) is 105 cm³/mol. The van der Waals surface area contributed by atoms with Gasteiger partial charge in [0.05, 0.1) is 0 Å². The average Bonchev–Trinajstić information content (AvgIpc) is 3.11. The fraction of sp³-hybridized carbons (Fsp3) is 0.857. The molecular formula is C21H41N3. The van der Waals surface area contributed by atoms with E-state index in [0.717, 1.165) is 25.3 Å². The monoisotopic (exact) mass is 335 g/mol. The fourth-order valence-electron chi connectivity index (χ4n) is 3.21. The third-order valence-corrected chi connectivity index (χ3v) is 4.80. The summed E-state index contributed by atoms with van der Waals surface area (Å²) in [4.78, 5) is 7.37. The smallest absolute Gasteiger partial charge is 0.107 e. The van der Waals surface area contributed by atoms with Gasteiger partial charge in [0.1, 0.15) is 5.82 Å². The zero-order chi connectivity index (χ0) is 17.1. The Bertz CT molecular complexity index is 335. The molecule has 24 heavy (non-hydrogen) atoms. The van der Waals surface area contributed by atoms with E-state index in [1.54, 1.807) is 0 Å². The minimum atomic E-state index is 1.01. The third kappa shape index (κ3) is 13.6. The van der Waals surface area contributed by atoms with Crippen LogP contribution >= 0.6 is 0 Å². The Hall–Kier alpha value is -0.830. The Labute approximate surface area is 150 Å². The number of hydrogen-bond donors (Lipinski definition) is 2. The van der Waals surface area contributed by atoms with E-state index in [1.807, 2.05) is 12.4 Å². The van der Waals surface area contributed by atoms with Crippen molar-refractivity contribution in [2.24, 2.45) is 0 Å². The summed E-state index contributed by atoms with van der Waals surface area (Å²) >= 11 is 0. The van der Waals surface area contributed by atoms with Gasteiger partial charge >= 0.3 is 0 Å². The first-order valence-corrected chi connectivity index (χ1v) is 10.6. The van der Waals surface area contributed by atoms with Gasteiger partial charge in [0.25, 0.3) is 0 Å². The van der Waals surface area contributed by atoms with E-state index in [9.17, 15) is 0 Å². The van der Waals surface area contributed by atoms with Gasteiger partial charge in [-0.1, -0.05) is 90.4 Å². The number of H-pyrrole nitrogens is 1. The van der Waals surface area contributed by atoms with Gasteiger partial charge in [-0.05, 0) is 13.0 Å². The van der Waals surface area contributed by atoms with Gasteiger partial charge in [-0.15, -0.1) is 0 Å². The lowest BCUT2D eigenvalue weighted by atomic mass is 10.0. The van der Waals surface area contributed by atoms with Crippen molar-refractivity contribution in [3.63, 3.8) is 0 Å². The number of unbranched alkanes of at least 4 members (excludes halogenated alkanes) is 13. The van der Waals surface area contributed by atoms with Crippen LogP contribution in [-0.4, -0.2) is 23.1 Å². The first kappa shape index (κ1) is 21.2. The molecule has 0 aromatic carbocycles. The molecule has 2 N–H and O–H groups in total. The summed E-state index contributed by atoms with van der Waals surface area (Å²) in [5.41, 5.74) is 0. The summed E-state index contributed by atoms with van der Waals surface area (Å²) in [6.07, 6.45) is 24.7. The van der Waals surface area contributed by atoms with Gasteiger partial charge in [0.2, 0.25) is 0 Å². The van der Waals surface area contributed by atoms with Crippen LogP contribution in [0, 0.1) is 0 Å². The largest absolute Gasteiger partial charge is 0.349 e. The molecule has 0 radical (unpaired) electrons. The van der Waals surface area contributed by atoms with Gasteiger partial charge in [-0.25, -0.2) is 4.98 Å². The lowest BCUT2D eigenvalue weighted by Crippen LogP contribution is -2.18. The van der Waals surface area contributed by atoms with Crippen LogP contribution in [0.15, 0.2) is 12.4 Å². The molecule has 0 spiro atoms. The maximum atomic E-state index is 4.23. The standard InChI is InChI=1S/C21H41N3/c1-2-3-4-5-6-7-8-9-10-11-12-13-14-15-17-22-18-16-21-23-19-20-24-21/h19-20,22H,2-18H2,1H3,(H,23,24). The highest BCUT2D eigenvalue weighted by atomic mass is 14.9. The highest BCUT2D eigenvalue weighted by molar-refractivity contribution is 4.87. The molecule has 140 valence electrons. The molecule has 1 aromatic rings. The van der Waals surface area contributed by atoms with Crippen LogP contribution in [0.25, 0.3) is 0 Å². The van der Waals surface area contributed by atoms with Crippen LogP contribution in [-0.2, 0) is 6.42 Å². The molecule has 1 aromatic heterocycles. The second-order valence-corrected chi connectivity index (χ2v) is 7.13. The van der Waals surface area contributed by atoms with Crippen molar-refractivity contribution < 1.29 is 0 Å². The molecule has 3 heteroatoms. The number of rotatable bonds is 18. The molecule has 0 bridgehead atoms. The molecule has 0 aliphatic rings.